The van der Waals surface area contributed by atoms with E-state index >= 15 is 0 Å². The number of nitrogens with zero attached hydrogens (tertiary/aromatic N) is 2. The zero-order valence-electron chi connectivity index (χ0n) is 12.0. The smallest absolute Gasteiger partial charge is 0.291 e. The summed E-state index contributed by atoms with van der Waals surface area (Å²) in [6.45, 7) is 0. The van der Waals surface area contributed by atoms with Gasteiger partial charge in [0.05, 0.1) is 29.8 Å². The minimum atomic E-state index is -0.329. The van der Waals surface area contributed by atoms with Crippen molar-refractivity contribution in [2.24, 2.45) is 0 Å². The molecule has 6 nitrogen and oxygen atoms in total. The van der Waals surface area contributed by atoms with E-state index in [9.17, 15) is 4.79 Å². The number of aromatic nitrogens is 1. The Morgan fingerprint density at radius 3 is 2.48 bits per heavy atom. The highest BCUT2D eigenvalue weighted by Gasteiger charge is 2.08. The number of rotatable bonds is 4. The van der Waals surface area contributed by atoms with Crippen LogP contribution < -0.4 is 10.6 Å². The van der Waals surface area contributed by atoms with Gasteiger partial charge in [0, 0.05) is 5.69 Å². The molecule has 2 aromatic heterocycles. The van der Waals surface area contributed by atoms with Gasteiger partial charge in [0.2, 0.25) is 0 Å². The van der Waals surface area contributed by atoms with Crippen LogP contribution in [0, 0.1) is 11.3 Å². The van der Waals surface area contributed by atoms with Gasteiger partial charge in [-0.25, -0.2) is 4.98 Å². The van der Waals surface area contributed by atoms with Crippen molar-refractivity contribution in [1.29, 1.82) is 5.26 Å². The fourth-order valence-electron chi connectivity index (χ4n) is 1.92. The molecule has 2 N–H and O–H groups in total. The first kappa shape index (κ1) is 14.4. The molecule has 23 heavy (non-hydrogen) atoms. The molecular formula is C17H12N4O2. The third-order valence-electron chi connectivity index (χ3n) is 3.05. The normalized spacial score (nSPS) is 9.87. The van der Waals surface area contributed by atoms with Crippen molar-refractivity contribution in [3.63, 3.8) is 0 Å². The molecule has 3 rings (SSSR count). The van der Waals surface area contributed by atoms with Crippen LogP contribution in [0.2, 0.25) is 0 Å². The van der Waals surface area contributed by atoms with Crippen LogP contribution in [-0.2, 0) is 0 Å². The number of hydrogen-bond acceptors (Lipinski definition) is 5. The zero-order chi connectivity index (χ0) is 16.1. The minimum Gasteiger partial charge on any atom is -0.459 e. The molecule has 6 heteroatoms. The number of nitriles is 1. The summed E-state index contributed by atoms with van der Waals surface area (Å²) < 4.78 is 5.02. The number of anilines is 3. The SMILES string of the molecule is N#Cc1ccc(Nc2ccc(NC(=O)c3ccco3)cn2)cc1. The highest BCUT2D eigenvalue weighted by Crippen LogP contribution is 2.17. The third kappa shape index (κ3) is 3.54. The lowest BCUT2D eigenvalue weighted by Gasteiger charge is -2.07. The van der Waals surface area contributed by atoms with Crippen LogP contribution in [0.25, 0.3) is 0 Å². The van der Waals surface area contributed by atoms with Gasteiger partial charge >= 0.3 is 0 Å². The van der Waals surface area contributed by atoms with Gasteiger partial charge in [-0.05, 0) is 48.5 Å². The number of carbonyl (C=O) groups is 1. The molecule has 0 radical (unpaired) electrons. The fraction of sp³-hybridized carbons (Fsp3) is 0. The Kier molecular flexibility index (Phi) is 4.03. The van der Waals surface area contributed by atoms with Gasteiger partial charge < -0.3 is 15.1 Å². The number of nitrogens with one attached hydrogen (secondary N) is 2. The number of hydrogen-bond donors (Lipinski definition) is 2. The van der Waals surface area contributed by atoms with Crippen molar-refractivity contribution in [3.8, 4) is 6.07 Å². The lowest BCUT2D eigenvalue weighted by Crippen LogP contribution is -2.11. The standard InChI is InChI=1S/C17H12N4O2/c18-10-12-3-5-13(6-4-12)20-16-8-7-14(11-19-16)21-17(22)15-2-1-9-23-15/h1-9,11H,(H,19,20)(H,21,22). The first-order chi connectivity index (χ1) is 11.2. The van der Waals surface area contributed by atoms with Gasteiger partial charge in [0.25, 0.3) is 5.91 Å². The summed E-state index contributed by atoms with van der Waals surface area (Å²) >= 11 is 0. The van der Waals surface area contributed by atoms with E-state index in [1.807, 2.05) is 0 Å². The second-order valence-electron chi connectivity index (χ2n) is 4.68. The first-order valence-corrected chi connectivity index (χ1v) is 6.83. The second kappa shape index (κ2) is 6.45. The van der Waals surface area contributed by atoms with E-state index in [2.05, 4.69) is 21.7 Å². The number of amides is 1. The summed E-state index contributed by atoms with van der Waals surface area (Å²) in [6.07, 6.45) is 2.99. The lowest BCUT2D eigenvalue weighted by molar-refractivity contribution is 0.0996. The van der Waals surface area contributed by atoms with E-state index in [0.717, 1.165) is 5.69 Å². The van der Waals surface area contributed by atoms with Crippen LogP contribution in [0.1, 0.15) is 16.1 Å². The van der Waals surface area contributed by atoms with Crippen molar-refractivity contribution in [2.75, 3.05) is 10.6 Å². The maximum Gasteiger partial charge on any atom is 0.291 e. The molecular weight excluding hydrogens is 292 g/mol. The van der Waals surface area contributed by atoms with Gasteiger partial charge in [-0.15, -0.1) is 0 Å². The fourth-order valence-corrected chi connectivity index (χ4v) is 1.92. The topological polar surface area (TPSA) is 91.0 Å². The van der Waals surface area contributed by atoms with E-state index in [4.69, 9.17) is 9.68 Å². The summed E-state index contributed by atoms with van der Waals surface area (Å²) in [5.74, 6) is 0.542. The van der Waals surface area contributed by atoms with E-state index in [1.54, 1.807) is 54.7 Å². The number of furan rings is 1. The Morgan fingerprint density at radius 1 is 1.09 bits per heavy atom. The third-order valence-corrected chi connectivity index (χ3v) is 3.05. The molecule has 0 saturated carbocycles. The van der Waals surface area contributed by atoms with Crippen LogP contribution in [-0.4, -0.2) is 10.9 Å². The average molecular weight is 304 g/mol. The first-order valence-electron chi connectivity index (χ1n) is 6.83. The van der Waals surface area contributed by atoms with Gasteiger partial charge in [0.1, 0.15) is 5.82 Å². The van der Waals surface area contributed by atoms with E-state index < -0.39 is 0 Å². The van der Waals surface area contributed by atoms with Crippen molar-refractivity contribution in [2.45, 2.75) is 0 Å². The summed E-state index contributed by atoms with van der Waals surface area (Å²) in [5, 5.41) is 14.6. The molecule has 1 amide bonds. The van der Waals surface area contributed by atoms with E-state index in [1.165, 1.54) is 6.26 Å². The average Bonchev–Trinajstić information content (AvgIpc) is 3.12. The van der Waals surface area contributed by atoms with Gasteiger partial charge in [0.15, 0.2) is 5.76 Å². The molecule has 0 spiro atoms. The van der Waals surface area contributed by atoms with Crippen LogP contribution in [0.3, 0.4) is 0 Å². The monoisotopic (exact) mass is 304 g/mol. The summed E-state index contributed by atoms with van der Waals surface area (Å²) in [4.78, 5) is 16.1. The minimum absolute atomic E-state index is 0.241. The summed E-state index contributed by atoms with van der Waals surface area (Å²) in [6, 6.07) is 15.8. The predicted octanol–water partition coefficient (Wildman–Crippen LogP) is 3.54. The van der Waals surface area contributed by atoms with Crippen LogP contribution >= 0.6 is 0 Å². The molecule has 0 bridgehead atoms. The highest BCUT2D eigenvalue weighted by molar-refractivity contribution is 6.02. The molecule has 3 aromatic rings. The quantitative estimate of drug-likeness (QED) is 0.769. The number of carbonyl (C=O) groups excluding carboxylic acids is 1. The maximum absolute atomic E-state index is 11.8. The van der Waals surface area contributed by atoms with Crippen molar-refractivity contribution in [3.05, 3.63) is 72.3 Å². The molecule has 0 saturated heterocycles. The summed E-state index contributed by atoms with van der Waals surface area (Å²) in [5.41, 5.74) is 1.99. The van der Waals surface area contributed by atoms with Crippen molar-refractivity contribution >= 4 is 23.1 Å². The number of benzene rings is 1. The molecule has 0 unspecified atom stereocenters. The number of pyridine rings is 1. The zero-order valence-corrected chi connectivity index (χ0v) is 12.0. The molecule has 1 aromatic carbocycles. The molecule has 2 heterocycles. The Morgan fingerprint density at radius 2 is 1.87 bits per heavy atom. The molecule has 0 atom stereocenters. The molecule has 112 valence electrons. The Hall–Kier alpha value is -3.59. The van der Waals surface area contributed by atoms with Crippen LogP contribution in [0.4, 0.5) is 17.2 Å². The molecule has 0 aliphatic rings. The second-order valence-corrected chi connectivity index (χ2v) is 4.68. The Bertz CT molecular complexity index is 832. The van der Waals surface area contributed by atoms with Crippen LogP contribution in [0.15, 0.2) is 65.4 Å². The largest absolute Gasteiger partial charge is 0.459 e. The highest BCUT2D eigenvalue weighted by atomic mass is 16.3. The van der Waals surface area contributed by atoms with Gasteiger partial charge in [-0.1, -0.05) is 0 Å². The van der Waals surface area contributed by atoms with Crippen molar-refractivity contribution in [1.82, 2.24) is 4.98 Å². The van der Waals surface area contributed by atoms with Gasteiger partial charge in [-0.2, -0.15) is 5.26 Å². The maximum atomic E-state index is 11.8. The van der Waals surface area contributed by atoms with Crippen LogP contribution in [0.5, 0.6) is 0 Å². The molecule has 0 fully saturated rings. The Labute approximate surface area is 132 Å². The van der Waals surface area contributed by atoms with E-state index in [0.29, 0.717) is 17.1 Å². The summed E-state index contributed by atoms with van der Waals surface area (Å²) in [7, 11) is 0. The Balaban J connectivity index is 1.64. The van der Waals surface area contributed by atoms with E-state index in [-0.39, 0.29) is 11.7 Å². The van der Waals surface area contributed by atoms with Crippen molar-refractivity contribution < 1.29 is 9.21 Å². The van der Waals surface area contributed by atoms with Gasteiger partial charge in [-0.3, -0.25) is 4.79 Å². The molecule has 0 aliphatic heterocycles. The lowest BCUT2D eigenvalue weighted by atomic mass is 10.2. The predicted molar refractivity (Wildman–Crippen MR) is 85.3 cm³/mol. The molecule has 0 aliphatic carbocycles.